The first-order valence-electron chi connectivity index (χ1n) is 18.1. The van der Waals surface area contributed by atoms with E-state index in [9.17, 15) is 28.8 Å². The predicted molar refractivity (Wildman–Crippen MR) is 205 cm³/mol. The zero-order chi connectivity index (χ0) is 39.9. The number of aromatic nitrogens is 1. The summed E-state index contributed by atoms with van der Waals surface area (Å²) >= 11 is 6.01. The molecule has 1 atom stereocenters. The van der Waals surface area contributed by atoms with Crippen LogP contribution in [0, 0.1) is 6.92 Å². The van der Waals surface area contributed by atoms with E-state index in [1.807, 2.05) is 13.8 Å². The van der Waals surface area contributed by atoms with Gasteiger partial charge in [-0.05, 0) is 86.3 Å². The minimum absolute atomic E-state index is 0.0100. The van der Waals surface area contributed by atoms with Gasteiger partial charge in [0.1, 0.15) is 25.0 Å². The molecule has 0 saturated carbocycles. The van der Waals surface area contributed by atoms with E-state index >= 15 is 0 Å². The van der Waals surface area contributed by atoms with Gasteiger partial charge in [0, 0.05) is 46.7 Å². The van der Waals surface area contributed by atoms with Crippen LogP contribution < -0.4 is 10.1 Å². The Morgan fingerprint density at radius 3 is 2.09 bits per heavy atom. The molecule has 4 rings (SSSR count). The van der Waals surface area contributed by atoms with E-state index in [-0.39, 0.29) is 44.3 Å². The fourth-order valence-electron chi connectivity index (χ4n) is 6.00. The second-order valence-corrected chi connectivity index (χ2v) is 13.1. The summed E-state index contributed by atoms with van der Waals surface area (Å²) in [5.74, 6) is -2.74. The Kier molecular flexibility index (Phi) is 15.8. The van der Waals surface area contributed by atoms with Crippen molar-refractivity contribution in [1.82, 2.24) is 14.8 Å². The monoisotopic (exact) mass is 775 g/mol. The molecule has 0 fully saturated rings. The molecule has 0 radical (unpaired) electrons. The van der Waals surface area contributed by atoms with Crippen LogP contribution in [0.25, 0.3) is 10.9 Å². The maximum absolute atomic E-state index is 13.5. The summed E-state index contributed by atoms with van der Waals surface area (Å²) in [5, 5.41) is 3.86. The third kappa shape index (κ3) is 11.6. The Balaban J connectivity index is 1.27. The van der Waals surface area contributed by atoms with Crippen LogP contribution in [0.5, 0.6) is 5.75 Å². The largest absolute Gasteiger partial charge is 0.497 e. The Morgan fingerprint density at radius 2 is 1.45 bits per heavy atom. The molecule has 14 heteroatoms. The van der Waals surface area contributed by atoms with Gasteiger partial charge in [0.15, 0.2) is 6.61 Å². The number of carbonyl (C=O) groups is 6. The number of amides is 2. The van der Waals surface area contributed by atoms with E-state index in [2.05, 4.69) is 5.32 Å². The minimum atomic E-state index is -0.947. The average Bonchev–Trinajstić information content (AvgIpc) is 3.46. The van der Waals surface area contributed by atoms with Crippen molar-refractivity contribution in [2.75, 3.05) is 40.0 Å². The highest BCUT2D eigenvalue weighted by molar-refractivity contribution is 6.30. The van der Waals surface area contributed by atoms with Gasteiger partial charge >= 0.3 is 17.9 Å². The molecule has 292 valence electrons. The van der Waals surface area contributed by atoms with Gasteiger partial charge in [0.05, 0.1) is 19.0 Å². The second kappa shape index (κ2) is 20.7. The molecule has 0 spiro atoms. The number of rotatable bonds is 19. The summed E-state index contributed by atoms with van der Waals surface area (Å²) in [4.78, 5) is 79.3. The lowest BCUT2D eigenvalue weighted by molar-refractivity contribution is -0.160. The van der Waals surface area contributed by atoms with Gasteiger partial charge < -0.3 is 29.2 Å². The zero-order valence-corrected chi connectivity index (χ0v) is 32.2. The fraction of sp³-hybridized carbons (Fsp3) is 0.366. The maximum Gasteiger partial charge on any atom is 0.344 e. The van der Waals surface area contributed by atoms with Crippen LogP contribution in [0.2, 0.25) is 5.02 Å². The average molecular weight is 776 g/mol. The number of nitrogens with zero attached hydrogens (tertiary/aromatic N) is 2. The highest BCUT2D eigenvalue weighted by Crippen LogP contribution is 2.31. The van der Waals surface area contributed by atoms with Crippen molar-refractivity contribution in [3.8, 4) is 5.75 Å². The van der Waals surface area contributed by atoms with Crippen LogP contribution >= 0.6 is 11.6 Å². The number of fused-ring (bicyclic) bond motifs is 1. The first kappa shape index (κ1) is 42.1. The molecule has 4 aromatic rings. The van der Waals surface area contributed by atoms with Crippen LogP contribution in [0.4, 0.5) is 0 Å². The van der Waals surface area contributed by atoms with Gasteiger partial charge in [-0.3, -0.25) is 28.5 Å². The summed E-state index contributed by atoms with van der Waals surface area (Å²) in [7, 11) is 1.51. The van der Waals surface area contributed by atoms with Crippen molar-refractivity contribution in [1.29, 1.82) is 0 Å². The first-order chi connectivity index (χ1) is 26.5. The number of nitrogens with one attached hydrogen (secondary N) is 1. The lowest BCUT2D eigenvalue weighted by Crippen LogP contribution is -2.49. The van der Waals surface area contributed by atoms with Crippen molar-refractivity contribution < 1.29 is 47.7 Å². The molecule has 0 aliphatic rings. The number of hydrogen-bond acceptors (Lipinski definition) is 10. The summed E-state index contributed by atoms with van der Waals surface area (Å²) < 4.78 is 22.3. The molecule has 1 aromatic heterocycles. The molecule has 1 unspecified atom stereocenters. The topological polar surface area (TPSA) is 160 Å². The van der Waals surface area contributed by atoms with E-state index in [4.69, 9.17) is 30.5 Å². The fourth-order valence-corrected chi connectivity index (χ4v) is 6.12. The molecule has 0 saturated heterocycles. The van der Waals surface area contributed by atoms with Crippen molar-refractivity contribution in [2.24, 2.45) is 0 Å². The minimum Gasteiger partial charge on any atom is -0.497 e. The summed E-state index contributed by atoms with van der Waals surface area (Å²) in [6.45, 7) is 5.40. The van der Waals surface area contributed by atoms with Crippen LogP contribution in [0.3, 0.4) is 0 Å². The number of ether oxygens (including phenoxy) is 4. The summed E-state index contributed by atoms with van der Waals surface area (Å²) in [5.41, 5.74) is 2.38. The Hall–Kier alpha value is -5.69. The molecule has 0 aliphatic carbocycles. The molecule has 0 aliphatic heterocycles. The van der Waals surface area contributed by atoms with Gasteiger partial charge in [-0.1, -0.05) is 43.6 Å². The molecule has 1 N–H and O–H groups in total. The number of carbonyl (C=O) groups excluding carboxylic acids is 6. The number of methoxy groups -OCH3 is 1. The lowest BCUT2D eigenvalue weighted by atomic mass is 10.1. The van der Waals surface area contributed by atoms with Crippen LogP contribution in [0.1, 0.15) is 71.5 Å². The van der Waals surface area contributed by atoms with E-state index in [1.165, 1.54) is 11.7 Å². The van der Waals surface area contributed by atoms with Crippen molar-refractivity contribution in [3.63, 3.8) is 0 Å². The molecule has 13 nitrogen and oxygen atoms in total. The summed E-state index contributed by atoms with van der Waals surface area (Å²) in [6, 6.07) is 19.2. The SMILES string of the molecule is CCCN(CCC)C(=O)C(CCC(=O)OCCOC(=O)COC(=O)Cc1c(C)n(C(=O)c2ccc(Cl)cc2)c2ccc(OC)cc12)NC(=O)c1ccccc1. The predicted octanol–water partition coefficient (Wildman–Crippen LogP) is 5.70. The van der Waals surface area contributed by atoms with Crippen LogP contribution in [-0.2, 0) is 39.8 Å². The first-order valence-corrected chi connectivity index (χ1v) is 18.4. The lowest BCUT2D eigenvalue weighted by Gasteiger charge is -2.27. The van der Waals surface area contributed by atoms with Gasteiger partial charge in [-0.2, -0.15) is 0 Å². The normalized spacial score (nSPS) is 11.4. The smallest absolute Gasteiger partial charge is 0.344 e. The Labute approximate surface area is 324 Å². The standard InChI is InChI=1S/C41H46ClN3O10/c1-5-20-44(21-6-2)41(51)34(43-39(49)28-10-8-7-9-11-28)17-19-36(46)53-22-23-54-38(48)26-55-37(47)25-32-27(3)45(35-18-16-31(52-4)24-33(32)35)40(50)29-12-14-30(42)15-13-29/h7-16,18,24,34H,5-6,17,19-23,25-26H2,1-4H3,(H,43,49). The molecule has 0 bridgehead atoms. The third-order valence-corrected chi connectivity index (χ3v) is 8.94. The molecule has 55 heavy (non-hydrogen) atoms. The van der Waals surface area contributed by atoms with Crippen molar-refractivity contribution in [3.05, 3.63) is 100 Å². The van der Waals surface area contributed by atoms with Crippen molar-refractivity contribution in [2.45, 2.75) is 58.9 Å². The number of benzene rings is 3. The quantitative estimate of drug-likeness (QED) is 0.0712. The molecule has 2 amide bonds. The van der Waals surface area contributed by atoms with E-state index in [0.717, 1.165) is 12.8 Å². The van der Waals surface area contributed by atoms with Gasteiger partial charge in [0.2, 0.25) is 5.91 Å². The van der Waals surface area contributed by atoms with Crippen molar-refractivity contribution >= 4 is 58.1 Å². The number of hydrogen-bond donors (Lipinski definition) is 1. The number of halogens is 1. The second-order valence-electron chi connectivity index (χ2n) is 12.6. The molecular weight excluding hydrogens is 730 g/mol. The highest BCUT2D eigenvalue weighted by atomic mass is 35.5. The maximum atomic E-state index is 13.5. The molecule has 3 aromatic carbocycles. The Bertz CT molecular complexity index is 1970. The zero-order valence-electron chi connectivity index (χ0n) is 31.4. The Morgan fingerprint density at radius 1 is 0.800 bits per heavy atom. The summed E-state index contributed by atoms with van der Waals surface area (Å²) in [6.07, 6.45) is 1.07. The third-order valence-electron chi connectivity index (χ3n) is 8.69. The van der Waals surface area contributed by atoms with Gasteiger partial charge in [-0.15, -0.1) is 0 Å². The van der Waals surface area contributed by atoms with E-state index < -0.39 is 36.5 Å². The van der Waals surface area contributed by atoms with E-state index in [0.29, 0.717) is 57.1 Å². The van der Waals surface area contributed by atoms with Gasteiger partial charge in [-0.25, -0.2) is 4.79 Å². The van der Waals surface area contributed by atoms with Gasteiger partial charge in [0.25, 0.3) is 11.8 Å². The molecular formula is C41H46ClN3O10. The van der Waals surface area contributed by atoms with Crippen LogP contribution in [0.15, 0.2) is 72.8 Å². The van der Waals surface area contributed by atoms with Crippen LogP contribution in [-0.4, -0.2) is 91.2 Å². The number of esters is 3. The molecule has 1 heterocycles. The highest BCUT2D eigenvalue weighted by Gasteiger charge is 2.27. The van der Waals surface area contributed by atoms with E-state index in [1.54, 1.807) is 84.6 Å².